The number of hydrogen-bond donors (Lipinski definition) is 3. The summed E-state index contributed by atoms with van der Waals surface area (Å²) in [6.07, 6.45) is 0. The van der Waals surface area contributed by atoms with E-state index < -0.39 is 17.8 Å². The summed E-state index contributed by atoms with van der Waals surface area (Å²) >= 11 is 12.6. The molecule has 0 aliphatic heterocycles. The summed E-state index contributed by atoms with van der Waals surface area (Å²) in [5, 5.41) is 17.8. The van der Waals surface area contributed by atoms with Gasteiger partial charge in [-0.2, -0.15) is 0 Å². The molecular formula is C29H24Cl2N2O6. The second-order valence-corrected chi connectivity index (χ2v) is 9.34. The number of carbonyl (C=O) groups excluding carboxylic acids is 3. The molecule has 0 saturated heterocycles. The fourth-order valence-corrected chi connectivity index (χ4v) is 4.39. The molecule has 0 aliphatic carbocycles. The molecule has 0 aliphatic rings. The number of benzene rings is 4. The van der Waals surface area contributed by atoms with Gasteiger partial charge in [0.05, 0.1) is 28.3 Å². The Kier molecular flexibility index (Phi) is 8.59. The summed E-state index contributed by atoms with van der Waals surface area (Å²) in [7, 11) is 0. The van der Waals surface area contributed by atoms with Gasteiger partial charge in [0.15, 0.2) is 5.75 Å². The van der Waals surface area contributed by atoms with Gasteiger partial charge in [-0.1, -0.05) is 59.6 Å². The molecule has 0 fully saturated rings. The van der Waals surface area contributed by atoms with E-state index in [9.17, 15) is 19.5 Å². The van der Waals surface area contributed by atoms with Crippen LogP contribution >= 0.6 is 23.2 Å². The topological polar surface area (TPSA) is 114 Å². The standard InChI is InChI=1S/C29H24Cl2N2O6/c1-3-38-29(37)28(36)33-20-13-23(30)26(24(31)14-20)39-21-10-11-25(34)22(15-21)27(35)32-16(2)18-9-8-17-6-4-5-7-19(17)12-18/h4-16,34H,3H2,1-2H3,(H,32,35)(H,33,36)/t16-/m1/s1. The molecule has 1 atom stereocenters. The summed E-state index contributed by atoms with van der Waals surface area (Å²) < 4.78 is 10.5. The Balaban J connectivity index is 1.50. The van der Waals surface area contributed by atoms with Crippen molar-refractivity contribution >= 4 is 57.4 Å². The van der Waals surface area contributed by atoms with E-state index in [2.05, 4.69) is 15.4 Å². The lowest BCUT2D eigenvalue weighted by Gasteiger charge is -2.17. The first-order valence-electron chi connectivity index (χ1n) is 11.9. The van der Waals surface area contributed by atoms with Gasteiger partial charge in [0.25, 0.3) is 5.91 Å². The monoisotopic (exact) mass is 566 g/mol. The molecule has 4 aromatic carbocycles. The van der Waals surface area contributed by atoms with Crippen LogP contribution in [0.2, 0.25) is 10.0 Å². The first-order valence-corrected chi connectivity index (χ1v) is 12.7. The zero-order valence-electron chi connectivity index (χ0n) is 21.0. The number of hydrogen-bond acceptors (Lipinski definition) is 6. The van der Waals surface area contributed by atoms with E-state index in [-0.39, 0.29) is 51.2 Å². The molecule has 4 rings (SSSR count). The van der Waals surface area contributed by atoms with E-state index in [4.69, 9.17) is 27.9 Å². The first-order chi connectivity index (χ1) is 18.7. The lowest BCUT2D eigenvalue weighted by Crippen LogP contribution is -2.26. The van der Waals surface area contributed by atoms with Crippen LogP contribution in [0.4, 0.5) is 5.69 Å². The number of nitrogens with one attached hydrogen (secondary N) is 2. The van der Waals surface area contributed by atoms with E-state index in [1.807, 2.05) is 49.4 Å². The Labute approximate surface area is 234 Å². The smallest absolute Gasteiger partial charge is 0.397 e. The number of amides is 2. The highest BCUT2D eigenvalue weighted by atomic mass is 35.5. The molecule has 0 radical (unpaired) electrons. The zero-order chi connectivity index (χ0) is 28.1. The molecule has 3 N–H and O–H groups in total. The van der Waals surface area contributed by atoms with Gasteiger partial charge in [-0.15, -0.1) is 0 Å². The number of carbonyl (C=O) groups is 3. The van der Waals surface area contributed by atoms with Crippen molar-refractivity contribution in [2.24, 2.45) is 0 Å². The minimum atomic E-state index is -1.05. The quantitative estimate of drug-likeness (QED) is 0.171. The number of rotatable bonds is 7. The summed E-state index contributed by atoms with van der Waals surface area (Å²) in [6.45, 7) is 3.48. The Bertz CT molecular complexity index is 1550. The summed E-state index contributed by atoms with van der Waals surface area (Å²) in [5.41, 5.74) is 1.05. The van der Waals surface area contributed by atoms with E-state index in [1.54, 1.807) is 6.92 Å². The van der Waals surface area contributed by atoms with Crippen molar-refractivity contribution in [2.45, 2.75) is 19.9 Å². The van der Waals surface area contributed by atoms with Crippen molar-refractivity contribution in [3.8, 4) is 17.2 Å². The van der Waals surface area contributed by atoms with Crippen LogP contribution < -0.4 is 15.4 Å². The third kappa shape index (κ3) is 6.60. The van der Waals surface area contributed by atoms with Crippen molar-refractivity contribution in [3.05, 3.63) is 94.0 Å². The van der Waals surface area contributed by atoms with Crippen LogP contribution in [0.25, 0.3) is 10.8 Å². The van der Waals surface area contributed by atoms with Crippen molar-refractivity contribution in [1.29, 1.82) is 0 Å². The Morgan fingerprint density at radius 1 is 0.923 bits per heavy atom. The maximum atomic E-state index is 13.0. The number of ether oxygens (including phenoxy) is 2. The van der Waals surface area contributed by atoms with Crippen molar-refractivity contribution < 1.29 is 29.0 Å². The minimum absolute atomic E-state index is 0.00861. The van der Waals surface area contributed by atoms with Crippen LogP contribution in [-0.2, 0) is 14.3 Å². The summed E-state index contributed by atoms with van der Waals surface area (Å²) in [5.74, 6) is -2.54. The van der Waals surface area contributed by atoms with Gasteiger partial charge in [-0.25, -0.2) is 4.79 Å². The van der Waals surface area contributed by atoms with E-state index >= 15 is 0 Å². The second kappa shape index (κ2) is 12.1. The molecule has 0 heterocycles. The molecule has 4 aromatic rings. The van der Waals surface area contributed by atoms with Gasteiger partial charge < -0.3 is 25.2 Å². The van der Waals surface area contributed by atoms with Crippen LogP contribution in [0.15, 0.2) is 72.8 Å². The zero-order valence-corrected chi connectivity index (χ0v) is 22.5. The van der Waals surface area contributed by atoms with Crippen molar-refractivity contribution in [2.75, 3.05) is 11.9 Å². The number of anilines is 1. The number of halogens is 2. The lowest BCUT2D eigenvalue weighted by molar-refractivity contribution is -0.152. The third-order valence-electron chi connectivity index (χ3n) is 5.77. The number of fused-ring (bicyclic) bond motifs is 1. The van der Waals surface area contributed by atoms with Crippen LogP contribution in [0, 0.1) is 0 Å². The van der Waals surface area contributed by atoms with Crippen molar-refractivity contribution in [1.82, 2.24) is 5.32 Å². The SMILES string of the molecule is CCOC(=O)C(=O)Nc1cc(Cl)c(Oc2ccc(O)c(C(=O)N[C@H](C)c3ccc4ccccc4c3)c2)c(Cl)c1. The molecule has 0 spiro atoms. The van der Waals surface area contributed by atoms with Gasteiger partial charge in [0, 0.05) is 5.69 Å². The van der Waals surface area contributed by atoms with Crippen LogP contribution in [-0.4, -0.2) is 29.5 Å². The first kappa shape index (κ1) is 27.8. The molecule has 2 amide bonds. The van der Waals surface area contributed by atoms with E-state index in [0.29, 0.717) is 0 Å². The number of esters is 1. The Morgan fingerprint density at radius 2 is 1.62 bits per heavy atom. The van der Waals surface area contributed by atoms with Gasteiger partial charge in [0.1, 0.15) is 11.5 Å². The lowest BCUT2D eigenvalue weighted by atomic mass is 10.0. The molecule has 200 valence electrons. The molecule has 0 bridgehead atoms. The molecule has 0 saturated carbocycles. The van der Waals surface area contributed by atoms with E-state index in [0.717, 1.165) is 16.3 Å². The average molecular weight is 567 g/mol. The fourth-order valence-electron chi connectivity index (χ4n) is 3.82. The third-order valence-corrected chi connectivity index (χ3v) is 6.33. The number of phenolic OH excluding ortho intramolecular Hbond substituents is 1. The molecule has 0 aromatic heterocycles. The highest BCUT2D eigenvalue weighted by Crippen LogP contribution is 2.39. The minimum Gasteiger partial charge on any atom is -0.507 e. The fraction of sp³-hybridized carbons (Fsp3) is 0.138. The summed E-state index contributed by atoms with van der Waals surface area (Å²) in [6, 6.07) is 20.3. The average Bonchev–Trinajstić information content (AvgIpc) is 2.91. The number of phenols is 1. The predicted molar refractivity (Wildman–Crippen MR) is 150 cm³/mol. The highest BCUT2D eigenvalue weighted by molar-refractivity contribution is 6.39. The molecule has 0 unspecified atom stereocenters. The Morgan fingerprint density at radius 3 is 2.31 bits per heavy atom. The molecule has 8 nitrogen and oxygen atoms in total. The van der Waals surface area contributed by atoms with Gasteiger partial charge >= 0.3 is 11.9 Å². The predicted octanol–water partition coefficient (Wildman–Crippen LogP) is 6.64. The highest BCUT2D eigenvalue weighted by Gasteiger charge is 2.20. The summed E-state index contributed by atoms with van der Waals surface area (Å²) in [4.78, 5) is 36.5. The molecule has 39 heavy (non-hydrogen) atoms. The maximum Gasteiger partial charge on any atom is 0.397 e. The van der Waals surface area contributed by atoms with Crippen LogP contribution in [0.1, 0.15) is 35.8 Å². The van der Waals surface area contributed by atoms with Gasteiger partial charge in [-0.05, 0) is 66.6 Å². The normalized spacial score (nSPS) is 11.5. The molecule has 10 heteroatoms. The Hall–Kier alpha value is -4.27. The van der Waals surface area contributed by atoms with Crippen LogP contribution in [0.3, 0.4) is 0 Å². The largest absolute Gasteiger partial charge is 0.507 e. The van der Waals surface area contributed by atoms with Crippen molar-refractivity contribution in [3.63, 3.8) is 0 Å². The maximum absolute atomic E-state index is 13.0. The van der Waals surface area contributed by atoms with Crippen LogP contribution in [0.5, 0.6) is 17.2 Å². The second-order valence-electron chi connectivity index (χ2n) is 8.53. The number of aromatic hydroxyl groups is 1. The van der Waals surface area contributed by atoms with Gasteiger partial charge in [0.2, 0.25) is 0 Å². The van der Waals surface area contributed by atoms with Gasteiger partial charge in [-0.3, -0.25) is 9.59 Å². The van der Waals surface area contributed by atoms with E-state index in [1.165, 1.54) is 30.3 Å². The molecular weight excluding hydrogens is 543 g/mol.